The Kier molecular flexibility index (Phi) is 8.89. The Morgan fingerprint density at radius 2 is 1.64 bits per heavy atom. The molecule has 0 fully saturated rings. The van der Waals surface area contributed by atoms with Gasteiger partial charge in [0.2, 0.25) is 0 Å². The molecule has 25 heavy (non-hydrogen) atoms. The summed E-state index contributed by atoms with van der Waals surface area (Å²) in [5, 5.41) is 33.1. The second kappa shape index (κ2) is 10.1. The molecule has 0 saturated heterocycles. The van der Waals surface area contributed by atoms with Gasteiger partial charge in [-0.05, 0) is 23.9 Å². The summed E-state index contributed by atoms with van der Waals surface area (Å²) in [6.07, 6.45) is 4.25. The molecule has 3 rings (SSSR count). The number of nitrogens with zero attached hydrogens (tertiary/aromatic N) is 4. The first kappa shape index (κ1) is 22.1. The van der Waals surface area contributed by atoms with Crippen molar-refractivity contribution in [2.24, 2.45) is 0 Å². The summed E-state index contributed by atoms with van der Waals surface area (Å²) in [5.74, 6) is 0. The van der Waals surface area contributed by atoms with Crippen molar-refractivity contribution < 1.29 is 37.7 Å². The largest absolute Gasteiger partial charge is 1.00 e. The van der Waals surface area contributed by atoms with Crippen molar-refractivity contribution in [1.82, 2.24) is 4.98 Å². The van der Waals surface area contributed by atoms with Crippen molar-refractivity contribution in [3.8, 4) is 0 Å². The molecule has 0 amide bonds. The Morgan fingerprint density at radius 1 is 1.12 bits per heavy atom. The average molecular weight is 399 g/mol. The molecule has 1 aromatic heterocycles. The Morgan fingerprint density at radius 3 is 2.20 bits per heavy atom. The Bertz CT molecular complexity index is 763. The third-order valence-corrected chi connectivity index (χ3v) is 2.89. The van der Waals surface area contributed by atoms with Gasteiger partial charge in [0.05, 0.1) is 5.52 Å². The molecule has 0 bridgehead atoms. The normalized spacial score (nSPS) is 13.6. The fourth-order valence-corrected chi connectivity index (χ4v) is 2.05. The van der Waals surface area contributed by atoms with Gasteiger partial charge in [-0.15, -0.1) is 32.0 Å². The third-order valence-electron chi connectivity index (χ3n) is 2.89. The SMILES string of the molecule is Cc1ccc2ccc3c(c2n1)[N-]C(C)C=C3.O=[N+]([O-])O.O=[N+]([O-])O.[Cu+]. The number of fused-ring (bicyclic) bond motifs is 3. The van der Waals surface area contributed by atoms with Crippen molar-refractivity contribution in [3.63, 3.8) is 0 Å². The Hall–Kier alpha value is -2.91. The number of rotatable bonds is 0. The van der Waals surface area contributed by atoms with Gasteiger partial charge in [0.25, 0.3) is 10.2 Å². The smallest absolute Gasteiger partial charge is 0.676 e. The van der Waals surface area contributed by atoms with E-state index in [-0.39, 0.29) is 23.1 Å². The van der Waals surface area contributed by atoms with Crippen LogP contribution in [0.3, 0.4) is 0 Å². The van der Waals surface area contributed by atoms with Gasteiger partial charge in [0.15, 0.2) is 0 Å². The molecule has 1 atom stereocenters. The van der Waals surface area contributed by atoms with E-state index in [0.29, 0.717) is 0 Å². The Balaban J connectivity index is 0.000000549. The molecule has 138 valence electrons. The number of pyridine rings is 1. The summed E-state index contributed by atoms with van der Waals surface area (Å²) in [7, 11) is 0. The summed E-state index contributed by atoms with van der Waals surface area (Å²) < 4.78 is 0. The van der Waals surface area contributed by atoms with Gasteiger partial charge in [-0.2, -0.15) is 0 Å². The van der Waals surface area contributed by atoms with E-state index in [2.05, 4.69) is 47.6 Å². The Labute approximate surface area is 152 Å². The van der Waals surface area contributed by atoms with E-state index in [0.717, 1.165) is 22.3 Å². The summed E-state index contributed by atoms with van der Waals surface area (Å²) >= 11 is 0. The summed E-state index contributed by atoms with van der Waals surface area (Å²) in [5.41, 5.74) is 4.27. The van der Waals surface area contributed by atoms with Crippen molar-refractivity contribution in [2.75, 3.05) is 0 Å². The van der Waals surface area contributed by atoms with Gasteiger partial charge < -0.3 is 15.7 Å². The van der Waals surface area contributed by atoms with Crippen molar-refractivity contribution in [3.05, 3.63) is 67.1 Å². The minimum atomic E-state index is -1.50. The van der Waals surface area contributed by atoms with Crippen LogP contribution in [0.15, 0.2) is 30.3 Å². The van der Waals surface area contributed by atoms with E-state index in [9.17, 15) is 0 Å². The third kappa shape index (κ3) is 7.46. The molecule has 1 unspecified atom stereocenters. The van der Waals surface area contributed by atoms with Crippen LogP contribution in [0.2, 0.25) is 0 Å². The molecule has 1 aromatic carbocycles. The van der Waals surface area contributed by atoms with Gasteiger partial charge in [0.1, 0.15) is 0 Å². The zero-order valence-corrected chi connectivity index (χ0v) is 14.1. The second-order valence-electron chi connectivity index (χ2n) is 4.73. The molecule has 0 aliphatic carbocycles. The zero-order valence-electron chi connectivity index (χ0n) is 13.2. The maximum atomic E-state index is 8.36. The molecule has 2 heterocycles. The summed E-state index contributed by atoms with van der Waals surface area (Å²) in [6, 6.07) is 8.62. The maximum Gasteiger partial charge on any atom is 1.00 e. The van der Waals surface area contributed by atoms with Gasteiger partial charge >= 0.3 is 17.1 Å². The van der Waals surface area contributed by atoms with Gasteiger partial charge in [-0.25, -0.2) is 0 Å². The predicted octanol–water partition coefficient (Wildman–Crippen LogP) is 3.27. The van der Waals surface area contributed by atoms with E-state index < -0.39 is 10.2 Å². The number of benzene rings is 1. The van der Waals surface area contributed by atoms with Crippen LogP contribution in [0.25, 0.3) is 22.3 Å². The quantitative estimate of drug-likeness (QED) is 0.392. The van der Waals surface area contributed by atoms with Crippen LogP contribution in [-0.4, -0.2) is 31.6 Å². The van der Waals surface area contributed by atoms with E-state index >= 15 is 0 Å². The van der Waals surface area contributed by atoms with Crippen molar-refractivity contribution >= 4 is 22.7 Å². The molecular formula is C14H15CuN4O6. The average Bonchev–Trinajstić information content (AvgIpc) is 2.46. The van der Waals surface area contributed by atoms with Crippen molar-refractivity contribution in [2.45, 2.75) is 19.9 Å². The molecule has 1 aliphatic rings. The molecule has 11 heteroatoms. The van der Waals surface area contributed by atoms with Crippen LogP contribution in [0.1, 0.15) is 18.2 Å². The van der Waals surface area contributed by atoms with Crippen LogP contribution < -0.4 is 0 Å². The molecule has 1 aliphatic heterocycles. The molecule has 0 spiro atoms. The molecule has 0 radical (unpaired) electrons. The van der Waals surface area contributed by atoms with Gasteiger partial charge in [-0.3, -0.25) is 4.98 Å². The van der Waals surface area contributed by atoms with Crippen LogP contribution in [0.5, 0.6) is 0 Å². The first-order chi connectivity index (χ1) is 11.2. The first-order valence-corrected chi connectivity index (χ1v) is 6.66. The molecule has 2 aromatic rings. The minimum absolute atomic E-state index is 0. The molecule has 0 saturated carbocycles. The first-order valence-electron chi connectivity index (χ1n) is 6.66. The van der Waals surface area contributed by atoms with Gasteiger partial charge in [0, 0.05) is 5.69 Å². The van der Waals surface area contributed by atoms with Gasteiger partial charge in [-0.1, -0.05) is 37.3 Å². The minimum Gasteiger partial charge on any atom is -0.676 e. The zero-order chi connectivity index (χ0) is 18.3. The van der Waals surface area contributed by atoms with E-state index in [1.165, 1.54) is 5.56 Å². The second-order valence-corrected chi connectivity index (χ2v) is 4.73. The van der Waals surface area contributed by atoms with Crippen LogP contribution in [-0.2, 0) is 17.1 Å². The van der Waals surface area contributed by atoms with Crippen molar-refractivity contribution in [1.29, 1.82) is 0 Å². The fourth-order valence-electron chi connectivity index (χ4n) is 2.05. The molecule has 2 N–H and O–H groups in total. The fraction of sp³-hybridized carbons (Fsp3) is 0.214. The summed E-state index contributed by atoms with van der Waals surface area (Å²) in [6.45, 7) is 4.11. The predicted molar refractivity (Wildman–Crippen MR) is 85.6 cm³/mol. The number of aromatic nitrogens is 1. The van der Waals surface area contributed by atoms with Crippen LogP contribution in [0.4, 0.5) is 5.69 Å². The number of hydrogen-bond acceptors (Lipinski definition) is 5. The number of aryl methyl sites for hydroxylation is 1. The topological polar surface area (TPSA) is 154 Å². The molecular weight excluding hydrogens is 384 g/mol. The summed E-state index contributed by atoms with van der Waals surface area (Å²) in [4.78, 5) is 21.3. The van der Waals surface area contributed by atoms with Crippen LogP contribution >= 0.6 is 0 Å². The monoisotopic (exact) mass is 398 g/mol. The number of hydrogen-bond donors (Lipinski definition) is 2. The van der Waals surface area contributed by atoms with E-state index in [1.807, 2.05) is 13.0 Å². The van der Waals surface area contributed by atoms with Crippen LogP contribution in [0, 0.1) is 27.2 Å². The molecule has 10 nitrogen and oxygen atoms in total. The van der Waals surface area contributed by atoms with E-state index in [1.54, 1.807) is 0 Å². The van der Waals surface area contributed by atoms with E-state index in [4.69, 9.17) is 30.6 Å². The maximum absolute atomic E-state index is 8.36. The standard InChI is InChI=1S/C14H13N2.Cu.2HNO3/c1-9-3-5-11-7-8-12-6-4-10(2)16-14(12)13(11)15-9;;2*2-1(3)4/h3-9H,1-2H3;;2*(H,2,3,4)/q-1;+1;;.